The Morgan fingerprint density at radius 2 is 1.56 bits per heavy atom. The van der Waals surface area contributed by atoms with Crippen molar-refractivity contribution in [2.75, 3.05) is 4.72 Å². The minimum absolute atomic E-state index is 0.757. The van der Waals surface area contributed by atoms with Gasteiger partial charge in [0.2, 0.25) is 0 Å². The van der Waals surface area contributed by atoms with Crippen LogP contribution >= 0.6 is 39.5 Å². The van der Waals surface area contributed by atoms with Gasteiger partial charge in [-0.15, -0.1) is 0 Å². The molecule has 2 aromatic carbocycles. The third-order valence-corrected chi connectivity index (χ3v) is 3.57. The van der Waals surface area contributed by atoms with Crippen LogP contribution in [0.3, 0.4) is 0 Å². The van der Waals surface area contributed by atoms with E-state index in [2.05, 4.69) is 20.7 Å². The van der Waals surface area contributed by atoms with Gasteiger partial charge in [0.15, 0.2) is 0 Å². The SMILES string of the molecule is Clc1ccc(SNc2ccc(Br)cc2)cc1. The molecule has 0 bridgehead atoms. The molecule has 82 valence electrons. The number of benzene rings is 2. The van der Waals surface area contributed by atoms with E-state index in [-0.39, 0.29) is 0 Å². The molecule has 0 radical (unpaired) electrons. The average molecular weight is 315 g/mol. The predicted octanol–water partition coefficient (Wildman–Crippen LogP) is 5.22. The first-order valence-electron chi connectivity index (χ1n) is 4.68. The molecule has 0 atom stereocenters. The van der Waals surface area contributed by atoms with Gasteiger partial charge in [0.25, 0.3) is 0 Å². The van der Waals surface area contributed by atoms with Crippen molar-refractivity contribution in [2.24, 2.45) is 0 Å². The minimum Gasteiger partial charge on any atom is -0.326 e. The molecule has 2 aromatic rings. The Balaban J connectivity index is 1.97. The average Bonchev–Trinajstić information content (AvgIpc) is 2.30. The van der Waals surface area contributed by atoms with Crippen molar-refractivity contribution < 1.29 is 0 Å². The Bertz CT molecular complexity index is 410. The lowest BCUT2D eigenvalue weighted by molar-refractivity contribution is 1.46. The Labute approximate surface area is 112 Å². The lowest BCUT2D eigenvalue weighted by atomic mass is 10.3. The minimum atomic E-state index is 0.757. The summed E-state index contributed by atoms with van der Waals surface area (Å²) >= 11 is 10.8. The summed E-state index contributed by atoms with van der Waals surface area (Å²) in [4.78, 5) is 1.13. The molecule has 0 spiro atoms. The van der Waals surface area contributed by atoms with Gasteiger partial charge in [-0.25, -0.2) is 0 Å². The summed E-state index contributed by atoms with van der Waals surface area (Å²) in [6.45, 7) is 0. The van der Waals surface area contributed by atoms with Crippen LogP contribution in [0.15, 0.2) is 57.9 Å². The monoisotopic (exact) mass is 313 g/mol. The number of anilines is 1. The van der Waals surface area contributed by atoms with Gasteiger partial charge < -0.3 is 4.72 Å². The van der Waals surface area contributed by atoms with E-state index in [1.54, 1.807) is 11.9 Å². The second-order valence-electron chi connectivity index (χ2n) is 3.16. The summed E-state index contributed by atoms with van der Waals surface area (Å²) in [5.74, 6) is 0. The number of hydrogen-bond donors (Lipinski definition) is 1. The summed E-state index contributed by atoms with van der Waals surface area (Å²) in [7, 11) is 0. The smallest absolute Gasteiger partial charge is 0.0443 e. The first-order valence-corrected chi connectivity index (χ1v) is 6.67. The zero-order chi connectivity index (χ0) is 11.4. The molecule has 1 N–H and O–H groups in total. The molecule has 0 saturated heterocycles. The number of rotatable bonds is 3. The molecule has 0 saturated carbocycles. The summed E-state index contributed by atoms with van der Waals surface area (Å²) in [5.41, 5.74) is 1.07. The van der Waals surface area contributed by atoms with Gasteiger partial charge in [-0.1, -0.05) is 27.5 Å². The third kappa shape index (κ3) is 3.44. The first-order chi connectivity index (χ1) is 7.74. The van der Waals surface area contributed by atoms with E-state index in [4.69, 9.17) is 11.6 Å². The zero-order valence-electron chi connectivity index (χ0n) is 8.28. The van der Waals surface area contributed by atoms with Crippen molar-refractivity contribution >= 4 is 45.2 Å². The molecule has 0 heterocycles. The topological polar surface area (TPSA) is 12.0 Å². The number of nitrogens with one attached hydrogen (secondary N) is 1. The van der Waals surface area contributed by atoms with E-state index in [9.17, 15) is 0 Å². The lowest BCUT2D eigenvalue weighted by Crippen LogP contribution is -1.85. The second-order valence-corrected chi connectivity index (χ2v) is 5.40. The van der Waals surface area contributed by atoms with Crippen molar-refractivity contribution in [2.45, 2.75) is 4.90 Å². The van der Waals surface area contributed by atoms with Crippen LogP contribution in [0.25, 0.3) is 0 Å². The lowest BCUT2D eigenvalue weighted by Gasteiger charge is -2.05. The van der Waals surface area contributed by atoms with Crippen LogP contribution in [0, 0.1) is 0 Å². The first kappa shape index (κ1) is 11.8. The maximum atomic E-state index is 5.81. The Kier molecular flexibility index (Phi) is 4.16. The van der Waals surface area contributed by atoms with Crippen LogP contribution < -0.4 is 4.72 Å². The fraction of sp³-hybridized carbons (Fsp3) is 0. The quantitative estimate of drug-likeness (QED) is 0.779. The van der Waals surface area contributed by atoms with Crippen LogP contribution in [-0.2, 0) is 0 Å². The molecule has 0 aliphatic heterocycles. The molecule has 0 unspecified atom stereocenters. The van der Waals surface area contributed by atoms with Crippen LogP contribution in [0.4, 0.5) is 5.69 Å². The van der Waals surface area contributed by atoms with Crippen molar-refractivity contribution in [1.29, 1.82) is 0 Å². The molecular weight excluding hydrogens is 306 g/mol. The van der Waals surface area contributed by atoms with E-state index in [1.165, 1.54) is 0 Å². The Hall–Kier alpha value is -0.640. The van der Waals surface area contributed by atoms with Crippen LogP contribution in [-0.4, -0.2) is 0 Å². The fourth-order valence-corrected chi connectivity index (χ4v) is 2.17. The maximum Gasteiger partial charge on any atom is 0.0443 e. The second kappa shape index (κ2) is 5.62. The summed E-state index contributed by atoms with van der Waals surface area (Å²) in [5, 5.41) is 0.757. The van der Waals surface area contributed by atoms with Gasteiger partial charge in [0, 0.05) is 20.1 Å². The standard InChI is InChI=1S/C12H9BrClNS/c13-9-1-5-11(6-2-9)15-16-12-7-3-10(14)4-8-12/h1-8,15H. The molecule has 0 aliphatic carbocycles. The number of hydrogen-bond acceptors (Lipinski definition) is 2. The normalized spacial score (nSPS) is 10.1. The van der Waals surface area contributed by atoms with Crippen molar-refractivity contribution in [3.63, 3.8) is 0 Å². The summed E-state index contributed by atoms with van der Waals surface area (Å²) in [6, 6.07) is 15.8. The molecule has 2 rings (SSSR count). The molecule has 0 aromatic heterocycles. The van der Waals surface area contributed by atoms with Gasteiger partial charge in [-0.05, 0) is 60.5 Å². The van der Waals surface area contributed by atoms with Crippen molar-refractivity contribution in [1.82, 2.24) is 0 Å². The highest BCUT2D eigenvalue weighted by Crippen LogP contribution is 2.23. The highest BCUT2D eigenvalue weighted by atomic mass is 79.9. The van der Waals surface area contributed by atoms with Gasteiger partial charge in [-0.3, -0.25) is 0 Å². The van der Waals surface area contributed by atoms with Crippen LogP contribution in [0.2, 0.25) is 5.02 Å². The van der Waals surface area contributed by atoms with Crippen molar-refractivity contribution in [3.8, 4) is 0 Å². The third-order valence-electron chi connectivity index (χ3n) is 1.94. The highest BCUT2D eigenvalue weighted by molar-refractivity contribution is 9.10. The maximum absolute atomic E-state index is 5.81. The van der Waals surface area contributed by atoms with Gasteiger partial charge in [0.1, 0.15) is 0 Å². The fourth-order valence-electron chi connectivity index (χ4n) is 1.14. The molecular formula is C12H9BrClNS. The molecule has 1 nitrogen and oxygen atoms in total. The predicted molar refractivity (Wildman–Crippen MR) is 75.1 cm³/mol. The largest absolute Gasteiger partial charge is 0.326 e. The summed E-state index contributed by atoms with van der Waals surface area (Å²) < 4.78 is 4.34. The van der Waals surface area contributed by atoms with Crippen molar-refractivity contribution in [3.05, 3.63) is 58.0 Å². The van der Waals surface area contributed by atoms with E-state index in [0.717, 1.165) is 20.1 Å². The molecule has 16 heavy (non-hydrogen) atoms. The van der Waals surface area contributed by atoms with Gasteiger partial charge in [-0.2, -0.15) is 0 Å². The van der Waals surface area contributed by atoms with E-state index in [1.807, 2.05) is 48.5 Å². The Morgan fingerprint density at radius 1 is 0.938 bits per heavy atom. The summed E-state index contributed by atoms with van der Waals surface area (Å²) in [6.07, 6.45) is 0. The van der Waals surface area contributed by atoms with Gasteiger partial charge in [0.05, 0.1) is 0 Å². The van der Waals surface area contributed by atoms with E-state index in [0.29, 0.717) is 0 Å². The number of halogens is 2. The van der Waals surface area contributed by atoms with E-state index >= 15 is 0 Å². The molecule has 0 amide bonds. The molecule has 4 heteroatoms. The zero-order valence-corrected chi connectivity index (χ0v) is 11.4. The molecule has 0 aliphatic rings. The van der Waals surface area contributed by atoms with Gasteiger partial charge >= 0.3 is 0 Å². The highest BCUT2D eigenvalue weighted by Gasteiger charge is 1.95. The molecule has 0 fully saturated rings. The van der Waals surface area contributed by atoms with E-state index < -0.39 is 0 Å². The Morgan fingerprint density at radius 3 is 2.19 bits per heavy atom. The van der Waals surface area contributed by atoms with Crippen LogP contribution in [0.5, 0.6) is 0 Å². The van der Waals surface area contributed by atoms with Crippen LogP contribution in [0.1, 0.15) is 0 Å².